The zero-order chi connectivity index (χ0) is 24.7. The number of aliphatic hydroxyl groups excluding tert-OH is 1. The fraction of sp³-hybridized carbons (Fsp3) is 0.630. The van der Waals surface area contributed by atoms with Crippen LogP contribution >= 0.6 is 22.9 Å². The molecular weight excluding hydrogens is 484 g/mol. The van der Waals surface area contributed by atoms with E-state index in [0.717, 1.165) is 35.7 Å². The molecule has 6 atom stereocenters. The number of ether oxygens (including phenoxy) is 2. The van der Waals surface area contributed by atoms with Gasteiger partial charge >= 0.3 is 0 Å². The largest absolute Gasteiger partial charge is 0.486 e. The van der Waals surface area contributed by atoms with Crippen molar-refractivity contribution in [2.45, 2.75) is 58.7 Å². The summed E-state index contributed by atoms with van der Waals surface area (Å²) < 4.78 is 11.4. The number of aliphatic hydroxyl groups is 1. The lowest BCUT2D eigenvalue weighted by atomic mass is 9.53. The third-order valence-corrected chi connectivity index (χ3v) is 9.76. The van der Waals surface area contributed by atoms with Crippen LogP contribution in [0.4, 0.5) is 0 Å². The van der Waals surface area contributed by atoms with E-state index in [1.165, 1.54) is 4.88 Å². The Morgan fingerprint density at radius 2 is 2.17 bits per heavy atom. The van der Waals surface area contributed by atoms with Crippen molar-refractivity contribution in [3.05, 3.63) is 44.9 Å². The molecule has 8 heteroatoms. The van der Waals surface area contributed by atoms with Crippen molar-refractivity contribution >= 4 is 28.8 Å². The molecule has 35 heavy (non-hydrogen) atoms. The highest BCUT2D eigenvalue weighted by atomic mass is 35.5. The van der Waals surface area contributed by atoms with Crippen LogP contribution in [0, 0.1) is 23.2 Å². The first kappa shape index (κ1) is 25.0. The molecule has 2 fully saturated rings. The number of nitrogens with zero attached hydrogens (tertiary/aromatic N) is 2. The normalized spacial score (nSPS) is 31.4. The Hall–Kier alpha value is -1.67. The van der Waals surface area contributed by atoms with Gasteiger partial charge in [-0.25, -0.2) is 4.98 Å². The number of hydrogen-bond acceptors (Lipinski definition) is 6. The minimum absolute atomic E-state index is 0.00167. The maximum Gasteiger partial charge on any atom is 0.225 e. The number of morpholine rings is 1. The van der Waals surface area contributed by atoms with Crippen molar-refractivity contribution in [2.75, 3.05) is 26.3 Å². The number of benzene rings is 1. The van der Waals surface area contributed by atoms with Crippen LogP contribution in [0.3, 0.4) is 0 Å². The topological polar surface area (TPSA) is 71.9 Å². The molecule has 1 aromatic carbocycles. The zero-order valence-corrected chi connectivity index (χ0v) is 22.3. The van der Waals surface area contributed by atoms with Crippen molar-refractivity contribution < 1.29 is 19.4 Å². The molecule has 3 aliphatic rings. The highest BCUT2D eigenvalue weighted by Crippen LogP contribution is 2.57. The number of fused-ring (bicyclic) bond motifs is 2. The summed E-state index contributed by atoms with van der Waals surface area (Å²) in [5, 5.41) is 13.3. The highest BCUT2D eigenvalue weighted by molar-refractivity contribution is 7.11. The van der Waals surface area contributed by atoms with Crippen LogP contribution in [0.15, 0.2) is 24.3 Å². The molecule has 6 nitrogen and oxygen atoms in total. The van der Waals surface area contributed by atoms with Crippen molar-refractivity contribution in [3.63, 3.8) is 0 Å². The van der Waals surface area contributed by atoms with E-state index in [2.05, 4.69) is 13.8 Å². The lowest BCUT2D eigenvalue weighted by Crippen LogP contribution is -2.54. The summed E-state index contributed by atoms with van der Waals surface area (Å²) >= 11 is 7.80. The minimum atomic E-state index is -0.523. The maximum absolute atomic E-state index is 13.2. The van der Waals surface area contributed by atoms with E-state index < -0.39 is 6.10 Å². The molecule has 1 saturated carbocycles. The van der Waals surface area contributed by atoms with Gasteiger partial charge in [-0.15, -0.1) is 11.3 Å². The van der Waals surface area contributed by atoms with E-state index in [1.807, 2.05) is 36.1 Å². The van der Waals surface area contributed by atoms with Crippen LogP contribution in [0.5, 0.6) is 5.75 Å². The minimum Gasteiger partial charge on any atom is -0.486 e. The molecule has 5 rings (SSSR count). The second-order valence-corrected chi connectivity index (χ2v) is 12.3. The number of amides is 1. The zero-order valence-electron chi connectivity index (χ0n) is 20.7. The maximum atomic E-state index is 13.2. The predicted octanol–water partition coefficient (Wildman–Crippen LogP) is 4.92. The summed E-state index contributed by atoms with van der Waals surface area (Å²) in [5.41, 5.74) is 1.09. The number of rotatable bonds is 5. The lowest BCUT2D eigenvalue weighted by molar-refractivity contribution is -0.148. The van der Waals surface area contributed by atoms with Gasteiger partial charge in [-0.3, -0.25) is 4.79 Å². The van der Waals surface area contributed by atoms with Crippen LogP contribution in [0.2, 0.25) is 5.02 Å². The number of thiazole rings is 1. The Bertz CT molecular complexity index is 1070. The molecule has 1 saturated heterocycles. The Morgan fingerprint density at radius 3 is 2.91 bits per heavy atom. The second kappa shape index (κ2) is 10.0. The van der Waals surface area contributed by atoms with Gasteiger partial charge in [-0.2, -0.15) is 0 Å². The van der Waals surface area contributed by atoms with Crippen molar-refractivity contribution in [1.82, 2.24) is 9.88 Å². The molecule has 0 spiro atoms. The SMILES string of the molecule is CC(C(=O)N1CCOCC1)C1CCC2(C)Cc3sc(COc4cccc(Cl)c4)nc3C(C)C2C1O. The number of aromatic nitrogens is 1. The van der Waals surface area contributed by atoms with Crippen LogP contribution in [0.25, 0.3) is 0 Å². The number of hydrogen-bond donors (Lipinski definition) is 1. The quantitative estimate of drug-likeness (QED) is 0.608. The van der Waals surface area contributed by atoms with Gasteiger partial charge in [0, 0.05) is 34.8 Å². The Morgan fingerprint density at radius 1 is 1.40 bits per heavy atom. The average molecular weight is 519 g/mol. The van der Waals surface area contributed by atoms with Gasteiger partial charge in [-0.05, 0) is 54.7 Å². The predicted molar refractivity (Wildman–Crippen MR) is 137 cm³/mol. The Balaban J connectivity index is 1.31. The molecule has 2 aromatic rings. The number of carbonyl (C=O) groups excluding carboxylic acids is 1. The summed E-state index contributed by atoms with van der Waals surface area (Å²) in [6, 6.07) is 7.41. The summed E-state index contributed by atoms with van der Waals surface area (Å²) in [6.45, 7) is 9.40. The third-order valence-electron chi connectivity index (χ3n) is 8.48. The molecular formula is C27H35ClN2O4S. The van der Waals surface area contributed by atoms with Gasteiger partial charge in [0.25, 0.3) is 0 Å². The van der Waals surface area contributed by atoms with E-state index in [9.17, 15) is 9.90 Å². The molecule has 1 aliphatic heterocycles. The van der Waals surface area contributed by atoms with E-state index in [4.69, 9.17) is 26.1 Å². The van der Waals surface area contributed by atoms with Gasteiger partial charge in [0.1, 0.15) is 17.4 Å². The summed E-state index contributed by atoms with van der Waals surface area (Å²) in [6.07, 6.45) is 2.28. The first-order chi connectivity index (χ1) is 16.8. The molecule has 6 unspecified atom stereocenters. The fourth-order valence-corrected chi connectivity index (χ4v) is 8.08. The van der Waals surface area contributed by atoms with Gasteiger partial charge in [0.05, 0.1) is 25.0 Å². The molecule has 0 bridgehead atoms. The van der Waals surface area contributed by atoms with Crippen molar-refractivity contribution in [3.8, 4) is 5.75 Å². The molecule has 2 heterocycles. The van der Waals surface area contributed by atoms with Gasteiger partial charge in [-0.1, -0.05) is 38.4 Å². The van der Waals surface area contributed by atoms with Crippen molar-refractivity contribution in [1.29, 1.82) is 0 Å². The van der Waals surface area contributed by atoms with E-state index in [1.54, 1.807) is 11.3 Å². The summed E-state index contributed by atoms with van der Waals surface area (Å²) in [5.74, 6) is 0.867. The van der Waals surface area contributed by atoms with Crippen LogP contribution < -0.4 is 4.74 Å². The van der Waals surface area contributed by atoms with E-state index >= 15 is 0 Å². The van der Waals surface area contributed by atoms with Crippen LogP contribution in [0.1, 0.15) is 55.1 Å². The molecule has 190 valence electrons. The first-order valence-corrected chi connectivity index (χ1v) is 13.9. The fourth-order valence-electron chi connectivity index (χ4n) is 6.62. The lowest BCUT2D eigenvalue weighted by Gasteiger charge is -2.53. The van der Waals surface area contributed by atoms with E-state index in [0.29, 0.717) is 37.9 Å². The average Bonchev–Trinajstić information content (AvgIpc) is 3.25. The molecule has 2 aliphatic carbocycles. The molecule has 1 amide bonds. The molecule has 0 radical (unpaired) electrons. The standard InChI is InChI=1S/C27H35ClN2O4S/c1-16(26(32)30-9-11-33-12-10-30)20-7-8-27(3)14-21-24(17(2)23(27)25(20)31)29-22(35-21)15-34-19-6-4-5-18(28)13-19/h4-6,13,16-17,20,23,25,31H,7-12,14-15H2,1-3H3. The number of halogens is 1. The number of carbonyl (C=O) groups is 1. The first-order valence-electron chi connectivity index (χ1n) is 12.7. The van der Waals surface area contributed by atoms with Gasteiger partial charge in [0.15, 0.2) is 0 Å². The van der Waals surface area contributed by atoms with Gasteiger partial charge in [0.2, 0.25) is 5.91 Å². The molecule has 1 N–H and O–H groups in total. The van der Waals surface area contributed by atoms with E-state index in [-0.39, 0.29) is 35.0 Å². The van der Waals surface area contributed by atoms with Crippen LogP contribution in [-0.2, 0) is 22.6 Å². The van der Waals surface area contributed by atoms with Crippen LogP contribution in [-0.4, -0.2) is 53.3 Å². The Labute approximate surface area is 216 Å². The van der Waals surface area contributed by atoms with Crippen molar-refractivity contribution in [2.24, 2.45) is 23.2 Å². The molecule has 1 aromatic heterocycles. The Kier molecular flexibility index (Phi) is 7.14. The smallest absolute Gasteiger partial charge is 0.225 e. The van der Waals surface area contributed by atoms with Gasteiger partial charge < -0.3 is 19.5 Å². The third kappa shape index (κ3) is 4.85. The monoisotopic (exact) mass is 518 g/mol. The summed E-state index contributed by atoms with van der Waals surface area (Å²) in [4.78, 5) is 21.4. The summed E-state index contributed by atoms with van der Waals surface area (Å²) in [7, 11) is 0. The highest BCUT2D eigenvalue weighted by Gasteiger charge is 2.54. The second-order valence-electron chi connectivity index (χ2n) is 10.7.